The van der Waals surface area contributed by atoms with Crippen molar-refractivity contribution < 1.29 is 24.5 Å². The first kappa shape index (κ1) is 21.2. The molecule has 1 saturated heterocycles. The highest BCUT2D eigenvalue weighted by molar-refractivity contribution is 6.46. The quantitative estimate of drug-likeness (QED) is 0.407. The number of phenols is 1. The third kappa shape index (κ3) is 3.65. The number of hydrogen-bond donors (Lipinski definition) is 2. The van der Waals surface area contributed by atoms with Gasteiger partial charge in [-0.3, -0.25) is 9.59 Å². The van der Waals surface area contributed by atoms with Crippen LogP contribution in [0.25, 0.3) is 5.76 Å². The summed E-state index contributed by atoms with van der Waals surface area (Å²) in [6, 6.07) is 8.90. The standard InChI is InChI=1S/C24H24ClNO5/c1-13-10-17(23(31-2)18(25)11-13)21(28)19-20(14-6-5-9-16(27)12-14)26(24(30)22(19)29)15-7-3-4-8-15/h5-6,9-12,15,20,27-28H,3-4,7-8H2,1-2H3/b21-19+. The topological polar surface area (TPSA) is 87.1 Å². The largest absolute Gasteiger partial charge is 0.508 e. The molecule has 2 aromatic rings. The van der Waals surface area contributed by atoms with Gasteiger partial charge in [-0.05, 0) is 55.2 Å². The molecule has 2 N–H and O–H groups in total. The lowest BCUT2D eigenvalue weighted by Gasteiger charge is -2.30. The van der Waals surface area contributed by atoms with Crippen LogP contribution in [0.1, 0.15) is 48.4 Å². The molecule has 0 spiro atoms. The maximum absolute atomic E-state index is 13.2. The van der Waals surface area contributed by atoms with E-state index in [1.165, 1.54) is 19.2 Å². The van der Waals surface area contributed by atoms with Crippen molar-refractivity contribution in [2.75, 3.05) is 7.11 Å². The van der Waals surface area contributed by atoms with Crippen LogP contribution in [0.3, 0.4) is 0 Å². The second kappa shape index (κ2) is 8.27. The molecule has 1 aliphatic carbocycles. The molecule has 1 saturated carbocycles. The molecule has 0 bridgehead atoms. The molecule has 1 aliphatic heterocycles. The molecule has 1 heterocycles. The number of Topliss-reactive ketones (excluding diaryl/α,β-unsaturated/α-hetero) is 1. The normalized spacial score (nSPS) is 21.1. The fourth-order valence-electron chi connectivity index (χ4n) is 4.69. The van der Waals surface area contributed by atoms with Crippen LogP contribution in [-0.2, 0) is 9.59 Å². The number of carbonyl (C=O) groups excluding carboxylic acids is 2. The minimum absolute atomic E-state index is 0.0192. The van der Waals surface area contributed by atoms with Gasteiger partial charge in [-0.15, -0.1) is 0 Å². The molecule has 2 fully saturated rings. The maximum atomic E-state index is 13.2. The molecule has 162 valence electrons. The first-order valence-electron chi connectivity index (χ1n) is 10.3. The highest BCUT2D eigenvalue weighted by Gasteiger charge is 2.49. The summed E-state index contributed by atoms with van der Waals surface area (Å²) in [5.74, 6) is -1.48. The number of rotatable bonds is 4. The summed E-state index contributed by atoms with van der Waals surface area (Å²) in [6.45, 7) is 1.81. The van der Waals surface area contributed by atoms with Gasteiger partial charge in [0.05, 0.1) is 29.3 Å². The van der Waals surface area contributed by atoms with Gasteiger partial charge in [0, 0.05) is 6.04 Å². The van der Waals surface area contributed by atoms with E-state index in [1.54, 1.807) is 29.2 Å². The number of methoxy groups -OCH3 is 1. The van der Waals surface area contributed by atoms with Crippen molar-refractivity contribution in [1.29, 1.82) is 0 Å². The molecule has 1 atom stereocenters. The van der Waals surface area contributed by atoms with Gasteiger partial charge in [-0.25, -0.2) is 0 Å². The average molecular weight is 442 g/mol. The molecule has 7 heteroatoms. The SMILES string of the molecule is COc1c(Cl)cc(C)cc1/C(O)=C1\C(=O)C(=O)N(C2CCCC2)C1c1cccc(O)c1. The number of halogens is 1. The van der Waals surface area contributed by atoms with Crippen molar-refractivity contribution >= 4 is 29.1 Å². The Hall–Kier alpha value is -2.99. The summed E-state index contributed by atoms with van der Waals surface area (Å²) in [5.41, 5.74) is 1.56. The third-order valence-corrected chi connectivity index (χ3v) is 6.31. The van der Waals surface area contributed by atoms with Gasteiger partial charge in [0.25, 0.3) is 11.7 Å². The predicted octanol–water partition coefficient (Wildman–Crippen LogP) is 4.73. The smallest absolute Gasteiger partial charge is 0.295 e. The van der Waals surface area contributed by atoms with Crippen LogP contribution >= 0.6 is 11.6 Å². The number of hydrogen-bond acceptors (Lipinski definition) is 5. The lowest BCUT2D eigenvalue weighted by Crippen LogP contribution is -2.37. The van der Waals surface area contributed by atoms with Crippen LogP contribution < -0.4 is 4.74 Å². The summed E-state index contributed by atoms with van der Waals surface area (Å²) < 4.78 is 5.38. The van der Waals surface area contributed by atoms with E-state index >= 15 is 0 Å². The summed E-state index contributed by atoms with van der Waals surface area (Å²) in [5, 5.41) is 21.7. The van der Waals surface area contributed by atoms with E-state index in [2.05, 4.69) is 0 Å². The molecule has 1 unspecified atom stereocenters. The first-order valence-corrected chi connectivity index (χ1v) is 10.6. The number of ketones is 1. The van der Waals surface area contributed by atoms with Crippen LogP contribution in [-0.4, -0.2) is 40.0 Å². The molecule has 31 heavy (non-hydrogen) atoms. The number of aryl methyl sites for hydroxylation is 1. The van der Waals surface area contributed by atoms with Crippen molar-refractivity contribution in [3.05, 3.63) is 63.7 Å². The van der Waals surface area contributed by atoms with Gasteiger partial charge in [0.15, 0.2) is 0 Å². The summed E-state index contributed by atoms with van der Waals surface area (Å²) in [7, 11) is 1.43. The Kier molecular flexibility index (Phi) is 5.67. The zero-order valence-electron chi connectivity index (χ0n) is 17.4. The minimum Gasteiger partial charge on any atom is -0.508 e. The van der Waals surface area contributed by atoms with E-state index in [0.29, 0.717) is 10.6 Å². The Morgan fingerprint density at radius 1 is 1.16 bits per heavy atom. The Morgan fingerprint density at radius 3 is 2.52 bits per heavy atom. The van der Waals surface area contributed by atoms with Crippen LogP contribution in [0.15, 0.2) is 42.0 Å². The minimum atomic E-state index is -0.806. The number of phenolic OH excluding ortho intramolecular Hbond substituents is 1. The second-order valence-electron chi connectivity index (χ2n) is 8.07. The summed E-state index contributed by atoms with van der Waals surface area (Å²) in [4.78, 5) is 27.9. The predicted molar refractivity (Wildman–Crippen MR) is 117 cm³/mol. The number of likely N-dealkylation sites (tertiary alicyclic amines) is 1. The van der Waals surface area contributed by atoms with E-state index < -0.39 is 17.7 Å². The zero-order valence-corrected chi connectivity index (χ0v) is 18.1. The molecule has 6 nitrogen and oxygen atoms in total. The number of benzene rings is 2. The van der Waals surface area contributed by atoms with E-state index in [9.17, 15) is 19.8 Å². The Morgan fingerprint density at radius 2 is 1.87 bits per heavy atom. The van der Waals surface area contributed by atoms with Crippen LogP contribution in [0, 0.1) is 6.92 Å². The van der Waals surface area contributed by atoms with Gasteiger partial charge < -0.3 is 19.8 Å². The van der Waals surface area contributed by atoms with E-state index in [1.807, 2.05) is 6.92 Å². The molecule has 0 radical (unpaired) electrons. The van der Waals surface area contributed by atoms with Crippen molar-refractivity contribution in [2.45, 2.75) is 44.7 Å². The molecular weight excluding hydrogens is 418 g/mol. The molecular formula is C24H24ClNO5. The Bertz CT molecular complexity index is 1090. The zero-order chi connectivity index (χ0) is 22.3. The van der Waals surface area contributed by atoms with E-state index in [0.717, 1.165) is 31.2 Å². The third-order valence-electron chi connectivity index (χ3n) is 6.03. The molecule has 4 rings (SSSR count). The molecule has 0 aromatic heterocycles. The van der Waals surface area contributed by atoms with Crippen molar-refractivity contribution in [3.8, 4) is 11.5 Å². The van der Waals surface area contributed by atoms with Crippen LogP contribution in [0.5, 0.6) is 11.5 Å². The number of aliphatic hydroxyl groups is 1. The fraction of sp³-hybridized carbons (Fsp3) is 0.333. The lowest BCUT2D eigenvalue weighted by atomic mass is 9.93. The number of aromatic hydroxyl groups is 1. The Labute approximate surface area is 185 Å². The number of carbonyl (C=O) groups is 2. The van der Waals surface area contributed by atoms with Gasteiger partial charge in [0.1, 0.15) is 17.3 Å². The maximum Gasteiger partial charge on any atom is 0.295 e. The van der Waals surface area contributed by atoms with Crippen molar-refractivity contribution in [1.82, 2.24) is 4.90 Å². The van der Waals surface area contributed by atoms with Crippen molar-refractivity contribution in [2.24, 2.45) is 0 Å². The monoisotopic (exact) mass is 441 g/mol. The Balaban J connectivity index is 1.96. The van der Waals surface area contributed by atoms with E-state index in [-0.39, 0.29) is 34.4 Å². The van der Waals surface area contributed by atoms with Crippen molar-refractivity contribution in [3.63, 3.8) is 0 Å². The number of amides is 1. The number of ether oxygens (including phenoxy) is 1. The highest BCUT2D eigenvalue weighted by atomic mass is 35.5. The van der Waals surface area contributed by atoms with Crippen LogP contribution in [0.4, 0.5) is 0 Å². The lowest BCUT2D eigenvalue weighted by molar-refractivity contribution is -0.141. The summed E-state index contributed by atoms with van der Waals surface area (Å²) >= 11 is 6.30. The fourth-order valence-corrected chi connectivity index (χ4v) is 5.04. The summed E-state index contributed by atoms with van der Waals surface area (Å²) in [6.07, 6.45) is 3.54. The van der Waals surface area contributed by atoms with Gasteiger partial charge in [-0.1, -0.05) is 36.6 Å². The van der Waals surface area contributed by atoms with Crippen LogP contribution in [0.2, 0.25) is 5.02 Å². The van der Waals surface area contributed by atoms with Gasteiger partial charge >= 0.3 is 0 Å². The number of nitrogens with zero attached hydrogens (tertiary/aromatic N) is 1. The second-order valence-corrected chi connectivity index (χ2v) is 8.47. The molecule has 2 aliphatic rings. The molecule has 1 amide bonds. The average Bonchev–Trinajstić information content (AvgIpc) is 3.34. The van der Waals surface area contributed by atoms with Gasteiger partial charge in [0.2, 0.25) is 0 Å². The molecule has 2 aromatic carbocycles. The van der Waals surface area contributed by atoms with E-state index in [4.69, 9.17) is 16.3 Å². The van der Waals surface area contributed by atoms with Gasteiger partial charge in [-0.2, -0.15) is 0 Å². The highest BCUT2D eigenvalue weighted by Crippen LogP contribution is 2.45. The number of aliphatic hydroxyl groups excluding tert-OH is 1. The first-order chi connectivity index (χ1) is 14.8.